The second kappa shape index (κ2) is 9.27. The Morgan fingerprint density at radius 1 is 0.966 bits per heavy atom. The number of nitrogens with zero attached hydrogens (tertiary/aromatic N) is 1. The number of anilines is 2. The van der Waals surface area contributed by atoms with Crippen LogP contribution in [0.5, 0.6) is 11.5 Å². The fourth-order valence-corrected chi connectivity index (χ4v) is 3.83. The molecule has 1 N–H and O–H groups in total. The zero-order chi connectivity index (χ0) is 20.9. The Morgan fingerprint density at radius 3 is 2.24 bits per heavy atom. The van der Waals surface area contributed by atoms with Crippen molar-refractivity contribution in [2.75, 3.05) is 22.4 Å². The summed E-state index contributed by atoms with van der Waals surface area (Å²) in [5.41, 5.74) is 0.884. The van der Waals surface area contributed by atoms with Gasteiger partial charge in [0.2, 0.25) is 15.9 Å². The van der Waals surface area contributed by atoms with Gasteiger partial charge in [-0.15, -0.1) is 0 Å². The largest absolute Gasteiger partial charge is 0.455 e. The van der Waals surface area contributed by atoms with Gasteiger partial charge in [0.1, 0.15) is 12.3 Å². The Labute approximate surface area is 183 Å². The van der Waals surface area contributed by atoms with Crippen molar-refractivity contribution < 1.29 is 17.9 Å². The summed E-state index contributed by atoms with van der Waals surface area (Å²) in [5, 5.41) is 2.72. The fraction of sp³-hybridized carbons (Fsp3) is 0.0952. The monoisotopic (exact) mass is 522 g/mol. The third kappa shape index (κ3) is 5.94. The van der Waals surface area contributed by atoms with E-state index in [4.69, 9.17) is 4.74 Å². The molecule has 0 saturated heterocycles. The van der Waals surface area contributed by atoms with Crippen molar-refractivity contribution in [1.29, 1.82) is 0 Å². The molecule has 0 fully saturated rings. The van der Waals surface area contributed by atoms with Crippen LogP contribution < -0.4 is 14.4 Å². The highest BCUT2D eigenvalue weighted by Crippen LogP contribution is 2.33. The summed E-state index contributed by atoms with van der Waals surface area (Å²) in [7, 11) is -3.74. The van der Waals surface area contributed by atoms with Crippen molar-refractivity contribution in [1.82, 2.24) is 0 Å². The van der Waals surface area contributed by atoms with Gasteiger partial charge < -0.3 is 10.1 Å². The van der Waals surface area contributed by atoms with Crippen molar-refractivity contribution in [2.45, 2.75) is 0 Å². The molecule has 150 valence electrons. The minimum absolute atomic E-state index is 0.289. The molecule has 0 bridgehead atoms. The van der Waals surface area contributed by atoms with Crippen molar-refractivity contribution in [3.8, 4) is 11.5 Å². The van der Waals surface area contributed by atoms with E-state index in [0.717, 1.165) is 14.1 Å². The van der Waals surface area contributed by atoms with Gasteiger partial charge in [0.05, 0.1) is 11.9 Å². The standard InChI is InChI=1S/C21H19IN2O4S/c1-29(26,27)24(15-21(25)23-17-13-11-16(22)12-14-17)19-9-5-6-10-20(19)28-18-7-3-2-4-8-18/h2-14H,15H2,1H3,(H,23,25). The zero-order valence-corrected chi connectivity index (χ0v) is 18.6. The van der Waals surface area contributed by atoms with Crippen LogP contribution in [0.25, 0.3) is 0 Å². The molecule has 29 heavy (non-hydrogen) atoms. The lowest BCUT2D eigenvalue weighted by molar-refractivity contribution is -0.114. The molecular weight excluding hydrogens is 503 g/mol. The smallest absolute Gasteiger partial charge is 0.245 e. The van der Waals surface area contributed by atoms with Crippen LogP contribution in [0.1, 0.15) is 0 Å². The van der Waals surface area contributed by atoms with Crippen molar-refractivity contribution in [3.05, 3.63) is 82.4 Å². The maximum absolute atomic E-state index is 12.5. The molecule has 0 unspecified atom stereocenters. The average Bonchev–Trinajstić information content (AvgIpc) is 2.69. The molecule has 0 saturated carbocycles. The zero-order valence-electron chi connectivity index (χ0n) is 15.6. The number of hydrogen-bond acceptors (Lipinski definition) is 4. The van der Waals surface area contributed by atoms with Crippen molar-refractivity contribution >= 4 is 49.9 Å². The van der Waals surface area contributed by atoms with Crippen LogP contribution in [0, 0.1) is 3.57 Å². The molecule has 3 aromatic carbocycles. The van der Waals surface area contributed by atoms with E-state index in [1.807, 2.05) is 30.3 Å². The van der Waals surface area contributed by atoms with Gasteiger partial charge >= 0.3 is 0 Å². The quantitative estimate of drug-likeness (QED) is 0.465. The van der Waals surface area contributed by atoms with E-state index in [9.17, 15) is 13.2 Å². The average molecular weight is 522 g/mol. The minimum Gasteiger partial charge on any atom is -0.455 e. The first kappa shape index (κ1) is 21.1. The van der Waals surface area contributed by atoms with Crippen LogP contribution in [-0.2, 0) is 14.8 Å². The first-order valence-electron chi connectivity index (χ1n) is 8.68. The van der Waals surface area contributed by atoms with E-state index in [-0.39, 0.29) is 12.2 Å². The van der Waals surface area contributed by atoms with Gasteiger partial charge in [-0.2, -0.15) is 0 Å². The first-order chi connectivity index (χ1) is 13.8. The molecular formula is C21H19IN2O4S. The molecule has 0 spiro atoms. The summed E-state index contributed by atoms with van der Waals surface area (Å²) in [6.45, 7) is -0.375. The van der Waals surface area contributed by atoms with Crippen molar-refractivity contribution in [3.63, 3.8) is 0 Å². The van der Waals surface area contributed by atoms with Crippen LogP contribution in [-0.4, -0.2) is 27.1 Å². The van der Waals surface area contributed by atoms with Gasteiger partial charge in [0.25, 0.3) is 0 Å². The Hall–Kier alpha value is -2.59. The van der Waals surface area contributed by atoms with Crippen LogP contribution in [0.15, 0.2) is 78.9 Å². The summed E-state index contributed by atoms with van der Waals surface area (Å²) in [4.78, 5) is 12.5. The first-order valence-corrected chi connectivity index (χ1v) is 11.6. The van der Waals surface area contributed by atoms with Crippen LogP contribution in [0.3, 0.4) is 0 Å². The van der Waals surface area contributed by atoms with Crippen LogP contribution in [0.4, 0.5) is 11.4 Å². The lowest BCUT2D eigenvalue weighted by Crippen LogP contribution is -2.37. The predicted molar refractivity (Wildman–Crippen MR) is 123 cm³/mol. The number of carbonyl (C=O) groups excluding carboxylic acids is 1. The summed E-state index contributed by atoms with van der Waals surface area (Å²) in [5.74, 6) is 0.453. The number of hydrogen-bond donors (Lipinski definition) is 1. The molecule has 3 rings (SSSR count). The number of ether oxygens (including phenoxy) is 1. The Kier molecular flexibility index (Phi) is 6.75. The number of benzene rings is 3. The molecule has 8 heteroatoms. The van der Waals surface area contributed by atoms with E-state index >= 15 is 0 Å². The molecule has 6 nitrogen and oxygen atoms in total. The number of rotatable bonds is 7. The van der Waals surface area contributed by atoms with E-state index in [1.54, 1.807) is 48.5 Å². The second-order valence-corrected chi connectivity index (χ2v) is 9.36. The van der Waals surface area contributed by atoms with E-state index < -0.39 is 15.9 Å². The number of amides is 1. The molecule has 0 aliphatic rings. The maximum atomic E-state index is 12.5. The lowest BCUT2D eigenvalue weighted by Gasteiger charge is -2.24. The number of sulfonamides is 1. The Morgan fingerprint density at radius 2 is 1.59 bits per heavy atom. The number of nitrogens with one attached hydrogen (secondary N) is 1. The molecule has 0 heterocycles. The number of para-hydroxylation sites is 3. The van der Waals surface area contributed by atoms with Gasteiger partial charge in [-0.25, -0.2) is 8.42 Å². The van der Waals surface area contributed by atoms with Crippen LogP contribution in [0.2, 0.25) is 0 Å². The highest BCUT2D eigenvalue weighted by molar-refractivity contribution is 14.1. The summed E-state index contributed by atoms with van der Waals surface area (Å²) >= 11 is 2.17. The lowest BCUT2D eigenvalue weighted by atomic mass is 10.2. The normalized spacial score (nSPS) is 11.0. The third-order valence-corrected chi connectivity index (χ3v) is 5.77. The number of carbonyl (C=O) groups is 1. The van der Waals surface area contributed by atoms with E-state index in [2.05, 4.69) is 27.9 Å². The van der Waals surface area contributed by atoms with Crippen LogP contribution >= 0.6 is 22.6 Å². The molecule has 3 aromatic rings. The number of halogens is 1. The third-order valence-electron chi connectivity index (χ3n) is 3.92. The van der Waals surface area contributed by atoms with Gasteiger partial charge in [0.15, 0.2) is 5.75 Å². The summed E-state index contributed by atoms with van der Waals surface area (Å²) < 4.78 is 32.8. The van der Waals surface area contributed by atoms with E-state index in [0.29, 0.717) is 17.2 Å². The molecule has 0 atom stereocenters. The van der Waals surface area contributed by atoms with Gasteiger partial charge in [-0.05, 0) is 71.1 Å². The van der Waals surface area contributed by atoms with Gasteiger partial charge in [-0.1, -0.05) is 30.3 Å². The fourth-order valence-electron chi connectivity index (χ4n) is 2.61. The second-order valence-electron chi connectivity index (χ2n) is 6.21. The molecule has 1 amide bonds. The highest BCUT2D eigenvalue weighted by atomic mass is 127. The predicted octanol–water partition coefficient (Wildman–Crippen LogP) is 4.49. The topological polar surface area (TPSA) is 75.7 Å². The maximum Gasteiger partial charge on any atom is 0.245 e. The van der Waals surface area contributed by atoms with Gasteiger partial charge in [-0.3, -0.25) is 9.10 Å². The highest BCUT2D eigenvalue weighted by Gasteiger charge is 2.24. The molecule has 0 aliphatic heterocycles. The molecule has 0 aromatic heterocycles. The SMILES string of the molecule is CS(=O)(=O)N(CC(=O)Nc1ccc(I)cc1)c1ccccc1Oc1ccccc1. The molecule has 0 radical (unpaired) electrons. The summed E-state index contributed by atoms with van der Waals surface area (Å²) in [6, 6.07) is 23.0. The summed E-state index contributed by atoms with van der Waals surface area (Å²) in [6.07, 6.45) is 1.06. The Bertz CT molecular complexity index is 1090. The van der Waals surface area contributed by atoms with Crippen molar-refractivity contribution in [2.24, 2.45) is 0 Å². The van der Waals surface area contributed by atoms with Gasteiger partial charge in [0, 0.05) is 9.26 Å². The van der Waals surface area contributed by atoms with E-state index in [1.165, 1.54) is 0 Å². The minimum atomic E-state index is -3.74. The molecule has 0 aliphatic carbocycles. The Balaban J connectivity index is 1.86.